The molecule has 0 bridgehead atoms. The molecular formula is C12H24O6P2. The molecule has 0 aliphatic heterocycles. The number of aryl methyl sites for hydroxylation is 2. The summed E-state index contributed by atoms with van der Waals surface area (Å²) in [7, 11) is -7.29. The van der Waals surface area contributed by atoms with E-state index in [9.17, 15) is 9.13 Å². The summed E-state index contributed by atoms with van der Waals surface area (Å²) < 4.78 is 19.4. The molecule has 1 aromatic carbocycles. The van der Waals surface area contributed by atoms with E-state index in [0.717, 1.165) is 0 Å². The molecule has 0 aromatic heterocycles. The molecule has 1 rings (SSSR count). The standard InChI is InChI=1S/C8H10.2C2H7O3P/c1-7-3-5-8(2)6-4-7;2*1-2-6(3,4)5/h3-6H,1-2H3;2*2H2,1H3,(H2,3,4,5). The minimum atomic E-state index is -3.65. The van der Waals surface area contributed by atoms with Crippen LogP contribution in [0.1, 0.15) is 25.0 Å². The van der Waals surface area contributed by atoms with Crippen molar-refractivity contribution in [1.82, 2.24) is 0 Å². The first-order valence-electron chi connectivity index (χ1n) is 6.03. The van der Waals surface area contributed by atoms with E-state index in [0.29, 0.717) is 0 Å². The Morgan fingerprint density at radius 1 is 0.750 bits per heavy atom. The second-order valence-electron chi connectivity index (χ2n) is 4.12. The first-order chi connectivity index (χ1) is 8.91. The monoisotopic (exact) mass is 326 g/mol. The first kappa shape index (κ1) is 21.8. The summed E-state index contributed by atoms with van der Waals surface area (Å²) in [6, 6.07) is 8.48. The Bertz CT molecular complexity index is 403. The minimum absolute atomic E-state index is 0.0625. The molecule has 0 saturated heterocycles. The zero-order valence-electron chi connectivity index (χ0n) is 12.2. The molecule has 0 radical (unpaired) electrons. The third kappa shape index (κ3) is 19.9. The zero-order chi connectivity index (χ0) is 16.4. The van der Waals surface area contributed by atoms with Gasteiger partial charge in [0.05, 0.1) is 0 Å². The summed E-state index contributed by atoms with van der Waals surface area (Å²) in [6.45, 7) is 7.08. The maximum absolute atomic E-state index is 9.69. The van der Waals surface area contributed by atoms with E-state index in [2.05, 4.69) is 38.1 Å². The highest BCUT2D eigenvalue weighted by atomic mass is 31.2. The summed E-state index contributed by atoms with van der Waals surface area (Å²) in [4.78, 5) is 31.8. The lowest BCUT2D eigenvalue weighted by molar-refractivity contribution is 0.372. The van der Waals surface area contributed by atoms with Crippen molar-refractivity contribution in [3.05, 3.63) is 35.4 Å². The highest BCUT2D eigenvalue weighted by Crippen LogP contribution is 2.32. The molecule has 0 amide bonds. The Labute approximate surface area is 120 Å². The quantitative estimate of drug-likeness (QED) is 0.621. The van der Waals surface area contributed by atoms with Crippen molar-refractivity contribution in [3.8, 4) is 0 Å². The van der Waals surface area contributed by atoms with E-state index in [1.165, 1.54) is 25.0 Å². The molecule has 0 aliphatic carbocycles. The van der Waals surface area contributed by atoms with E-state index in [-0.39, 0.29) is 12.3 Å². The Hall–Kier alpha value is -0.480. The van der Waals surface area contributed by atoms with Gasteiger partial charge in [-0.2, -0.15) is 0 Å². The predicted molar refractivity (Wildman–Crippen MR) is 81.1 cm³/mol. The lowest BCUT2D eigenvalue weighted by Gasteiger charge is -1.92. The third-order valence-electron chi connectivity index (χ3n) is 2.04. The fourth-order valence-corrected chi connectivity index (χ4v) is 0.637. The first-order valence-corrected chi connectivity index (χ1v) is 9.63. The van der Waals surface area contributed by atoms with Gasteiger partial charge in [0.1, 0.15) is 0 Å². The molecule has 118 valence electrons. The highest BCUT2D eigenvalue weighted by molar-refractivity contribution is 7.51. The van der Waals surface area contributed by atoms with Crippen LogP contribution < -0.4 is 0 Å². The van der Waals surface area contributed by atoms with E-state index >= 15 is 0 Å². The van der Waals surface area contributed by atoms with Crippen LogP contribution in [0, 0.1) is 13.8 Å². The molecule has 0 spiro atoms. The topological polar surface area (TPSA) is 115 Å². The molecular weight excluding hydrogens is 302 g/mol. The SMILES string of the molecule is CCP(=O)(O)O.CCP(=O)(O)O.Cc1ccc(C)cc1. The molecule has 8 heteroatoms. The maximum Gasteiger partial charge on any atom is 0.325 e. The second-order valence-corrected chi connectivity index (χ2v) is 8.04. The lowest BCUT2D eigenvalue weighted by Crippen LogP contribution is -1.76. The number of rotatable bonds is 2. The van der Waals surface area contributed by atoms with Crippen LogP contribution >= 0.6 is 15.2 Å². The molecule has 20 heavy (non-hydrogen) atoms. The highest BCUT2D eigenvalue weighted by Gasteiger charge is 2.05. The van der Waals surface area contributed by atoms with E-state index in [1.54, 1.807) is 0 Å². The van der Waals surface area contributed by atoms with Gasteiger partial charge in [-0.1, -0.05) is 49.2 Å². The van der Waals surface area contributed by atoms with Crippen molar-refractivity contribution in [3.63, 3.8) is 0 Å². The molecule has 4 N–H and O–H groups in total. The van der Waals surface area contributed by atoms with E-state index in [4.69, 9.17) is 19.6 Å². The van der Waals surface area contributed by atoms with Crippen molar-refractivity contribution in [2.75, 3.05) is 12.3 Å². The average Bonchev–Trinajstić information content (AvgIpc) is 2.33. The Morgan fingerprint density at radius 3 is 1.00 bits per heavy atom. The Morgan fingerprint density at radius 2 is 0.900 bits per heavy atom. The fraction of sp³-hybridized carbons (Fsp3) is 0.500. The van der Waals surface area contributed by atoms with Gasteiger partial charge in [0.15, 0.2) is 0 Å². The predicted octanol–water partition coefficient (Wildman–Crippen LogP) is 2.67. The van der Waals surface area contributed by atoms with Crippen LogP contribution in [0.25, 0.3) is 0 Å². The molecule has 0 unspecified atom stereocenters. The summed E-state index contributed by atoms with van der Waals surface area (Å²) in [5.74, 6) is 0. The lowest BCUT2D eigenvalue weighted by atomic mass is 10.2. The molecule has 0 aliphatic rings. The van der Waals surface area contributed by atoms with Gasteiger partial charge in [0, 0.05) is 12.3 Å². The summed E-state index contributed by atoms with van der Waals surface area (Å²) in [5.41, 5.74) is 2.66. The van der Waals surface area contributed by atoms with Gasteiger partial charge in [-0.25, -0.2) is 0 Å². The largest absolute Gasteiger partial charge is 0.325 e. The van der Waals surface area contributed by atoms with Crippen molar-refractivity contribution in [2.45, 2.75) is 27.7 Å². The molecule has 0 fully saturated rings. The smallest absolute Gasteiger partial charge is 0.324 e. The maximum atomic E-state index is 9.69. The summed E-state index contributed by atoms with van der Waals surface area (Å²) in [5, 5.41) is 0. The van der Waals surface area contributed by atoms with Crippen LogP contribution in [-0.2, 0) is 9.13 Å². The van der Waals surface area contributed by atoms with Crippen LogP contribution in [0.4, 0.5) is 0 Å². The third-order valence-corrected chi connectivity index (χ3v) is 3.69. The molecule has 1 aromatic rings. The fourth-order valence-electron chi connectivity index (χ4n) is 0.637. The van der Waals surface area contributed by atoms with Gasteiger partial charge in [0.2, 0.25) is 0 Å². The number of hydrogen-bond acceptors (Lipinski definition) is 2. The molecule has 0 atom stereocenters. The minimum Gasteiger partial charge on any atom is -0.324 e. The van der Waals surface area contributed by atoms with Crippen LogP contribution in [0.15, 0.2) is 24.3 Å². The van der Waals surface area contributed by atoms with Crippen LogP contribution in [0.5, 0.6) is 0 Å². The van der Waals surface area contributed by atoms with Crippen LogP contribution in [0.2, 0.25) is 0 Å². The number of hydrogen-bond donors (Lipinski definition) is 4. The van der Waals surface area contributed by atoms with Gasteiger partial charge in [0.25, 0.3) is 0 Å². The van der Waals surface area contributed by atoms with Gasteiger partial charge >= 0.3 is 15.2 Å². The van der Waals surface area contributed by atoms with E-state index in [1.807, 2.05) is 0 Å². The Balaban J connectivity index is 0. The van der Waals surface area contributed by atoms with Crippen molar-refractivity contribution < 1.29 is 28.7 Å². The van der Waals surface area contributed by atoms with Gasteiger partial charge in [-0.05, 0) is 13.8 Å². The van der Waals surface area contributed by atoms with Gasteiger partial charge in [-0.3, -0.25) is 9.13 Å². The Kier molecular flexibility index (Phi) is 11.2. The summed E-state index contributed by atoms with van der Waals surface area (Å²) >= 11 is 0. The normalized spacial score (nSPS) is 10.8. The molecule has 6 nitrogen and oxygen atoms in total. The number of benzene rings is 1. The summed E-state index contributed by atoms with van der Waals surface area (Å²) in [6.07, 6.45) is -0.125. The average molecular weight is 326 g/mol. The van der Waals surface area contributed by atoms with Crippen LogP contribution in [-0.4, -0.2) is 31.9 Å². The van der Waals surface area contributed by atoms with E-state index < -0.39 is 15.2 Å². The van der Waals surface area contributed by atoms with Gasteiger partial charge < -0.3 is 19.6 Å². The van der Waals surface area contributed by atoms with Crippen LogP contribution in [0.3, 0.4) is 0 Å². The van der Waals surface area contributed by atoms with Gasteiger partial charge in [-0.15, -0.1) is 0 Å². The van der Waals surface area contributed by atoms with Crippen molar-refractivity contribution >= 4 is 15.2 Å². The van der Waals surface area contributed by atoms with Crippen molar-refractivity contribution in [2.24, 2.45) is 0 Å². The molecule has 0 saturated carbocycles. The molecule has 0 heterocycles. The second kappa shape index (κ2) is 10.3. The zero-order valence-corrected chi connectivity index (χ0v) is 14.0. The van der Waals surface area contributed by atoms with Crippen molar-refractivity contribution in [1.29, 1.82) is 0 Å².